The maximum Gasteiger partial charge on any atom is 0.328 e. The Labute approximate surface area is 86.9 Å². The highest BCUT2D eigenvalue weighted by atomic mass is 16.2. The van der Waals surface area contributed by atoms with Crippen molar-refractivity contribution in [3.63, 3.8) is 0 Å². The first kappa shape index (κ1) is 9.89. The molecule has 0 aromatic carbocycles. The van der Waals surface area contributed by atoms with Crippen molar-refractivity contribution in [2.45, 2.75) is 19.8 Å². The van der Waals surface area contributed by atoms with Gasteiger partial charge in [0, 0.05) is 0 Å². The normalized spacial score (nSPS) is 28.9. The molecule has 5 nitrogen and oxygen atoms in total. The zero-order valence-corrected chi connectivity index (χ0v) is 8.37. The number of nitrogens with one attached hydrogen (secondary N) is 2. The number of imide groups is 2. The summed E-state index contributed by atoms with van der Waals surface area (Å²) in [7, 11) is 0. The number of amides is 4. The SMILES string of the molecule is CC1CC=CCC12C(=O)NC(=O)NC2=O. The van der Waals surface area contributed by atoms with Gasteiger partial charge in [0.05, 0.1) is 0 Å². The topological polar surface area (TPSA) is 75.3 Å². The lowest BCUT2D eigenvalue weighted by Gasteiger charge is -2.39. The van der Waals surface area contributed by atoms with Crippen LogP contribution in [-0.2, 0) is 9.59 Å². The van der Waals surface area contributed by atoms with Gasteiger partial charge in [-0.3, -0.25) is 20.2 Å². The fourth-order valence-corrected chi connectivity index (χ4v) is 2.17. The molecule has 1 fully saturated rings. The Kier molecular flexibility index (Phi) is 2.10. The molecule has 0 aromatic rings. The summed E-state index contributed by atoms with van der Waals surface area (Å²) in [6.07, 6.45) is 4.80. The van der Waals surface area contributed by atoms with Crippen molar-refractivity contribution in [2.24, 2.45) is 11.3 Å². The van der Waals surface area contributed by atoms with E-state index in [1.54, 1.807) is 0 Å². The molecule has 1 atom stereocenters. The molecular formula is C10H12N2O3. The molecule has 1 saturated heterocycles. The Bertz CT molecular complexity index is 353. The van der Waals surface area contributed by atoms with E-state index in [1.807, 2.05) is 19.1 Å². The van der Waals surface area contributed by atoms with Gasteiger partial charge in [0.2, 0.25) is 11.8 Å². The summed E-state index contributed by atoms with van der Waals surface area (Å²) in [5.41, 5.74) is -1.09. The van der Waals surface area contributed by atoms with E-state index in [0.29, 0.717) is 12.8 Å². The van der Waals surface area contributed by atoms with Crippen LogP contribution in [-0.4, -0.2) is 17.8 Å². The molecule has 1 unspecified atom stereocenters. The lowest BCUT2D eigenvalue weighted by atomic mass is 9.67. The molecule has 80 valence electrons. The van der Waals surface area contributed by atoms with Gasteiger partial charge in [0.25, 0.3) is 0 Å². The molecule has 1 spiro atoms. The zero-order valence-electron chi connectivity index (χ0n) is 8.37. The monoisotopic (exact) mass is 208 g/mol. The molecule has 2 rings (SSSR count). The molecule has 0 radical (unpaired) electrons. The van der Waals surface area contributed by atoms with Crippen LogP contribution in [0.3, 0.4) is 0 Å². The number of hydrogen-bond acceptors (Lipinski definition) is 3. The minimum Gasteiger partial charge on any atom is -0.277 e. The van der Waals surface area contributed by atoms with Crippen molar-refractivity contribution in [3.05, 3.63) is 12.2 Å². The molecule has 2 aliphatic rings. The smallest absolute Gasteiger partial charge is 0.277 e. The Balaban J connectivity index is 2.40. The summed E-state index contributed by atoms with van der Waals surface area (Å²) in [5.74, 6) is -1.04. The van der Waals surface area contributed by atoms with E-state index in [9.17, 15) is 14.4 Å². The van der Waals surface area contributed by atoms with Gasteiger partial charge < -0.3 is 0 Å². The summed E-state index contributed by atoms with van der Waals surface area (Å²) >= 11 is 0. The van der Waals surface area contributed by atoms with E-state index in [4.69, 9.17) is 0 Å². The van der Waals surface area contributed by atoms with E-state index in [2.05, 4.69) is 10.6 Å². The highest BCUT2D eigenvalue weighted by Gasteiger charge is 2.53. The maximum atomic E-state index is 11.8. The minimum atomic E-state index is -1.09. The molecule has 1 heterocycles. The maximum absolute atomic E-state index is 11.8. The van der Waals surface area contributed by atoms with E-state index >= 15 is 0 Å². The molecule has 15 heavy (non-hydrogen) atoms. The first-order valence-corrected chi connectivity index (χ1v) is 4.89. The summed E-state index contributed by atoms with van der Waals surface area (Å²) in [5, 5.41) is 4.31. The van der Waals surface area contributed by atoms with Gasteiger partial charge in [-0.25, -0.2) is 4.79 Å². The fourth-order valence-electron chi connectivity index (χ4n) is 2.17. The zero-order chi connectivity index (χ0) is 11.1. The number of rotatable bonds is 0. The van der Waals surface area contributed by atoms with Crippen LogP contribution in [0.15, 0.2) is 12.2 Å². The van der Waals surface area contributed by atoms with Crippen LogP contribution in [0.2, 0.25) is 0 Å². The first-order chi connectivity index (χ1) is 7.07. The number of hydrogen-bond donors (Lipinski definition) is 2. The Morgan fingerprint density at radius 3 is 2.33 bits per heavy atom. The molecule has 0 aromatic heterocycles. The van der Waals surface area contributed by atoms with Crippen molar-refractivity contribution >= 4 is 17.8 Å². The number of barbiturate groups is 1. The van der Waals surface area contributed by atoms with Crippen LogP contribution in [0.4, 0.5) is 4.79 Å². The van der Waals surface area contributed by atoms with Gasteiger partial charge in [-0.1, -0.05) is 19.1 Å². The van der Waals surface area contributed by atoms with Crippen LogP contribution in [0.1, 0.15) is 19.8 Å². The Hall–Kier alpha value is -1.65. The second-order valence-electron chi connectivity index (χ2n) is 4.02. The molecule has 5 heteroatoms. The summed E-state index contributed by atoms with van der Waals surface area (Å²) in [6.45, 7) is 1.85. The second kappa shape index (κ2) is 3.18. The number of carbonyl (C=O) groups excluding carboxylic acids is 3. The number of allylic oxidation sites excluding steroid dienone is 2. The van der Waals surface area contributed by atoms with Crippen LogP contribution in [0.25, 0.3) is 0 Å². The average Bonchev–Trinajstić information content (AvgIpc) is 2.16. The van der Waals surface area contributed by atoms with Crippen molar-refractivity contribution in [2.75, 3.05) is 0 Å². The van der Waals surface area contributed by atoms with Crippen LogP contribution in [0, 0.1) is 11.3 Å². The Morgan fingerprint density at radius 1 is 1.20 bits per heavy atom. The third kappa shape index (κ3) is 1.26. The van der Waals surface area contributed by atoms with E-state index in [-0.39, 0.29) is 5.92 Å². The quantitative estimate of drug-likeness (QED) is 0.445. The number of carbonyl (C=O) groups is 3. The Morgan fingerprint density at radius 2 is 1.80 bits per heavy atom. The van der Waals surface area contributed by atoms with Crippen molar-refractivity contribution in [3.8, 4) is 0 Å². The standard InChI is InChI=1S/C10H12N2O3/c1-6-4-2-3-5-10(6)7(13)11-9(15)12-8(10)14/h2-3,6H,4-5H2,1H3,(H2,11,12,13,14,15). The highest BCUT2D eigenvalue weighted by molar-refractivity contribution is 6.19. The second-order valence-corrected chi connectivity index (χ2v) is 4.02. The van der Waals surface area contributed by atoms with Crippen molar-refractivity contribution < 1.29 is 14.4 Å². The van der Waals surface area contributed by atoms with Gasteiger partial charge in [0.15, 0.2) is 0 Å². The van der Waals surface area contributed by atoms with Crippen LogP contribution >= 0.6 is 0 Å². The molecular weight excluding hydrogens is 196 g/mol. The summed E-state index contributed by atoms with van der Waals surface area (Å²) in [4.78, 5) is 34.5. The average molecular weight is 208 g/mol. The first-order valence-electron chi connectivity index (χ1n) is 4.89. The minimum absolute atomic E-state index is 0.0874. The van der Waals surface area contributed by atoms with Gasteiger partial charge in [-0.05, 0) is 18.8 Å². The summed E-state index contributed by atoms with van der Waals surface area (Å²) in [6, 6.07) is -0.725. The van der Waals surface area contributed by atoms with Crippen molar-refractivity contribution in [1.82, 2.24) is 10.6 Å². The van der Waals surface area contributed by atoms with E-state index in [0.717, 1.165) is 0 Å². The van der Waals surface area contributed by atoms with Gasteiger partial charge >= 0.3 is 6.03 Å². The number of urea groups is 1. The molecule has 4 amide bonds. The van der Waals surface area contributed by atoms with Gasteiger partial charge in [0.1, 0.15) is 5.41 Å². The molecule has 1 aliphatic carbocycles. The van der Waals surface area contributed by atoms with E-state index in [1.165, 1.54) is 0 Å². The lowest BCUT2D eigenvalue weighted by Crippen LogP contribution is -2.64. The third-order valence-electron chi connectivity index (χ3n) is 3.20. The van der Waals surface area contributed by atoms with Crippen LogP contribution in [0.5, 0.6) is 0 Å². The van der Waals surface area contributed by atoms with Crippen LogP contribution < -0.4 is 10.6 Å². The predicted octanol–water partition coefficient (Wildman–Crippen LogP) is 0.325. The van der Waals surface area contributed by atoms with Gasteiger partial charge in [-0.2, -0.15) is 0 Å². The third-order valence-corrected chi connectivity index (χ3v) is 3.20. The van der Waals surface area contributed by atoms with E-state index < -0.39 is 23.3 Å². The lowest BCUT2D eigenvalue weighted by molar-refractivity contribution is -0.148. The highest BCUT2D eigenvalue weighted by Crippen LogP contribution is 2.39. The van der Waals surface area contributed by atoms with Crippen molar-refractivity contribution in [1.29, 1.82) is 0 Å². The molecule has 1 aliphatic heterocycles. The van der Waals surface area contributed by atoms with Gasteiger partial charge in [-0.15, -0.1) is 0 Å². The summed E-state index contributed by atoms with van der Waals surface area (Å²) < 4.78 is 0. The molecule has 0 bridgehead atoms. The molecule has 0 saturated carbocycles. The predicted molar refractivity (Wildman–Crippen MR) is 51.7 cm³/mol. The largest absolute Gasteiger partial charge is 0.328 e. The molecule has 2 N–H and O–H groups in total. The fraction of sp³-hybridized carbons (Fsp3) is 0.500.